The number of anilines is 1. The number of hydrogen-bond acceptors (Lipinski definition) is 5. The Hall–Kier alpha value is -5.23. The second kappa shape index (κ2) is 9.91. The quantitative estimate of drug-likeness (QED) is 0.295. The van der Waals surface area contributed by atoms with E-state index >= 15 is 0 Å². The van der Waals surface area contributed by atoms with E-state index in [-0.39, 0.29) is 29.2 Å². The van der Waals surface area contributed by atoms with Crippen molar-refractivity contribution in [2.24, 2.45) is 13.0 Å². The number of amides is 2. The summed E-state index contributed by atoms with van der Waals surface area (Å²) in [6.07, 6.45) is 3.43. The molecule has 9 heteroatoms. The van der Waals surface area contributed by atoms with Gasteiger partial charge in [0.15, 0.2) is 5.65 Å². The topological polar surface area (TPSA) is 105 Å². The molecular weight excluding hydrogens is 494 g/mol. The highest BCUT2D eigenvalue weighted by Gasteiger charge is 2.39. The van der Waals surface area contributed by atoms with Gasteiger partial charge in [-0.25, -0.2) is 9.53 Å². The van der Waals surface area contributed by atoms with Crippen molar-refractivity contribution in [1.29, 1.82) is 0 Å². The predicted octanol–water partition coefficient (Wildman–Crippen LogP) is 3.89. The predicted molar refractivity (Wildman–Crippen MR) is 146 cm³/mol. The first-order valence-electron chi connectivity index (χ1n) is 12.3. The van der Waals surface area contributed by atoms with Crippen LogP contribution in [-0.2, 0) is 16.6 Å². The van der Waals surface area contributed by atoms with Crippen LogP contribution in [0.2, 0.25) is 0 Å². The average molecular weight is 519 g/mol. The molecule has 194 valence electrons. The summed E-state index contributed by atoms with van der Waals surface area (Å²) < 4.78 is 2.62. The molecule has 0 spiro atoms. The summed E-state index contributed by atoms with van der Waals surface area (Å²) >= 11 is 0. The lowest BCUT2D eigenvalue weighted by Crippen LogP contribution is -2.46. The Kier molecular flexibility index (Phi) is 6.46. The van der Waals surface area contributed by atoms with Crippen molar-refractivity contribution in [3.63, 3.8) is 0 Å². The number of pyridine rings is 1. The van der Waals surface area contributed by atoms with Crippen molar-refractivity contribution in [3.05, 3.63) is 111 Å². The Bertz CT molecular complexity index is 1790. The van der Waals surface area contributed by atoms with Crippen molar-refractivity contribution < 1.29 is 14.7 Å². The molecule has 1 unspecified atom stereocenters. The highest BCUT2D eigenvalue weighted by molar-refractivity contribution is 6.25. The summed E-state index contributed by atoms with van der Waals surface area (Å²) in [6, 6.07) is 17.5. The van der Waals surface area contributed by atoms with Crippen LogP contribution in [0.5, 0.6) is 5.88 Å². The van der Waals surface area contributed by atoms with E-state index in [1.807, 2.05) is 6.07 Å². The number of carbonyl (C=O) groups is 2. The minimum Gasteiger partial charge on any atom is -0.858 e. The second-order valence-electron chi connectivity index (χ2n) is 9.30. The summed E-state index contributed by atoms with van der Waals surface area (Å²) in [6.45, 7) is 10.8. The van der Waals surface area contributed by atoms with E-state index in [4.69, 9.17) is 6.57 Å². The van der Waals surface area contributed by atoms with Gasteiger partial charge in [0, 0.05) is 23.9 Å². The number of aromatic nitrogens is 3. The number of hydrogen-bond donors (Lipinski definition) is 0. The minimum absolute atomic E-state index is 0.0883. The van der Waals surface area contributed by atoms with Gasteiger partial charge in [0.2, 0.25) is 5.91 Å². The lowest BCUT2D eigenvalue weighted by molar-refractivity contribution is -0.275. The number of para-hydroxylation sites is 2. The summed E-state index contributed by atoms with van der Waals surface area (Å²) in [5.74, 6) is -2.18. The number of nitrogens with zero attached hydrogens (tertiary/aromatic N) is 5. The van der Waals surface area contributed by atoms with Gasteiger partial charge in [0.1, 0.15) is 0 Å². The van der Waals surface area contributed by atoms with E-state index < -0.39 is 17.7 Å². The van der Waals surface area contributed by atoms with Gasteiger partial charge in [-0.05, 0) is 48.7 Å². The number of carbonyl (C=O) groups excluding carboxylic acids is 2. The molecule has 0 saturated heterocycles. The molecule has 0 bridgehead atoms. The first kappa shape index (κ1) is 25.4. The van der Waals surface area contributed by atoms with Gasteiger partial charge in [-0.1, -0.05) is 55.5 Å². The molecule has 0 fully saturated rings. The third-order valence-electron chi connectivity index (χ3n) is 7.06. The fraction of sp³-hybridized carbons (Fsp3) is 0.167. The highest BCUT2D eigenvalue weighted by Crippen LogP contribution is 2.33. The van der Waals surface area contributed by atoms with E-state index in [0.29, 0.717) is 33.5 Å². The van der Waals surface area contributed by atoms with Crippen molar-refractivity contribution in [1.82, 2.24) is 14.3 Å². The molecule has 39 heavy (non-hydrogen) atoms. The number of rotatable bonds is 5. The Balaban J connectivity index is 1.53. The number of allylic oxidation sites excluding steroid dienone is 1. The maximum Gasteiger partial charge on any atom is 0.264 e. The van der Waals surface area contributed by atoms with Crippen LogP contribution in [0.15, 0.2) is 82.8 Å². The first-order valence-corrected chi connectivity index (χ1v) is 12.3. The molecule has 1 aliphatic rings. The molecule has 9 nitrogen and oxygen atoms in total. The molecule has 5 rings (SSSR count). The standard InChI is InChI=1S/C30H25N5O4/c1-18-22(27(36)33(4)26-24(18)29(38)35(32-26)21-14-9-6-10-15-21)16-11-17-23-19(2)25(31-3)30(39)34(28(23)37)20-12-7-5-8-13-20/h5-16,23,38H,17H2,1-2,4H3/p-1. The SMILES string of the molecule is [C-]#[N+]C1=C(C)C(CC=Cc2c(C)c3c([O-])n(-c4ccccc4)nc3n(C)c2=O)C(=O)N(c2ccccc2)C1=O. The maximum atomic E-state index is 13.4. The lowest BCUT2D eigenvalue weighted by atomic mass is 9.89. The molecule has 1 atom stereocenters. The number of imide groups is 1. The third-order valence-corrected chi connectivity index (χ3v) is 7.06. The van der Waals surface area contributed by atoms with Crippen LogP contribution < -0.4 is 15.6 Å². The van der Waals surface area contributed by atoms with E-state index in [0.717, 1.165) is 4.90 Å². The molecule has 0 aliphatic carbocycles. The van der Waals surface area contributed by atoms with Gasteiger partial charge in [0.25, 0.3) is 17.2 Å². The molecule has 1 aliphatic heterocycles. The molecule has 0 radical (unpaired) electrons. The van der Waals surface area contributed by atoms with Gasteiger partial charge in [0.05, 0.1) is 23.9 Å². The zero-order valence-corrected chi connectivity index (χ0v) is 21.6. The zero-order chi connectivity index (χ0) is 27.8. The third kappa shape index (κ3) is 4.12. The van der Waals surface area contributed by atoms with Crippen LogP contribution in [0.3, 0.4) is 0 Å². The van der Waals surface area contributed by atoms with Crippen molar-refractivity contribution in [3.8, 4) is 11.6 Å². The monoisotopic (exact) mass is 518 g/mol. The molecule has 0 saturated carbocycles. The summed E-state index contributed by atoms with van der Waals surface area (Å²) in [4.78, 5) is 44.0. The molecule has 2 aromatic heterocycles. The highest BCUT2D eigenvalue weighted by atomic mass is 16.3. The minimum atomic E-state index is -0.757. The Morgan fingerprint density at radius 3 is 2.23 bits per heavy atom. The summed E-state index contributed by atoms with van der Waals surface area (Å²) in [5, 5.41) is 18.0. The van der Waals surface area contributed by atoms with Crippen LogP contribution in [-0.4, -0.2) is 26.2 Å². The van der Waals surface area contributed by atoms with Crippen LogP contribution in [0.1, 0.15) is 24.5 Å². The fourth-order valence-electron chi connectivity index (χ4n) is 4.90. The molecule has 2 amide bonds. The van der Waals surface area contributed by atoms with E-state index in [1.54, 1.807) is 87.6 Å². The van der Waals surface area contributed by atoms with Gasteiger partial charge in [-0.15, -0.1) is 5.10 Å². The van der Waals surface area contributed by atoms with Gasteiger partial charge in [-0.2, -0.15) is 0 Å². The second-order valence-corrected chi connectivity index (χ2v) is 9.30. The normalized spacial score (nSPS) is 15.9. The Labute approximate surface area is 224 Å². The van der Waals surface area contributed by atoms with Crippen molar-refractivity contribution >= 4 is 34.6 Å². The van der Waals surface area contributed by atoms with Crippen molar-refractivity contribution in [2.45, 2.75) is 20.3 Å². The first-order chi connectivity index (χ1) is 18.8. The number of fused-ring (bicyclic) bond motifs is 1. The molecular formula is C30H24N5O4-. The molecule has 3 heterocycles. The summed E-state index contributed by atoms with van der Waals surface area (Å²) in [5.41, 5.74) is 2.03. The van der Waals surface area contributed by atoms with Crippen LogP contribution in [0, 0.1) is 19.4 Å². The maximum absolute atomic E-state index is 13.4. The smallest absolute Gasteiger partial charge is 0.264 e. The van der Waals surface area contributed by atoms with Crippen LogP contribution >= 0.6 is 0 Å². The number of benzene rings is 2. The van der Waals surface area contributed by atoms with E-state index in [2.05, 4.69) is 9.94 Å². The number of aryl methyl sites for hydroxylation is 2. The van der Waals surface area contributed by atoms with Gasteiger partial charge < -0.3 is 5.11 Å². The van der Waals surface area contributed by atoms with Crippen LogP contribution in [0.4, 0.5) is 5.69 Å². The zero-order valence-electron chi connectivity index (χ0n) is 21.6. The fourth-order valence-corrected chi connectivity index (χ4v) is 4.90. The van der Waals surface area contributed by atoms with Gasteiger partial charge in [-0.3, -0.25) is 23.9 Å². The molecule has 0 N–H and O–H groups in total. The lowest BCUT2D eigenvalue weighted by Gasteiger charge is -2.31. The Morgan fingerprint density at radius 2 is 1.62 bits per heavy atom. The van der Waals surface area contributed by atoms with Crippen molar-refractivity contribution in [2.75, 3.05) is 4.90 Å². The largest absolute Gasteiger partial charge is 0.858 e. The van der Waals surface area contributed by atoms with E-state index in [1.165, 1.54) is 9.25 Å². The van der Waals surface area contributed by atoms with E-state index in [9.17, 15) is 19.5 Å². The van der Waals surface area contributed by atoms with Gasteiger partial charge >= 0.3 is 0 Å². The molecule has 4 aromatic rings. The Morgan fingerprint density at radius 1 is 1.00 bits per heavy atom. The van der Waals surface area contributed by atoms with Crippen LogP contribution in [0.25, 0.3) is 27.6 Å². The summed E-state index contributed by atoms with van der Waals surface area (Å²) in [7, 11) is 1.56. The molecule has 2 aromatic carbocycles. The average Bonchev–Trinajstić information content (AvgIpc) is 3.29.